The van der Waals surface area contributed by atoms with Crippen LogP contribution in [0.4, 0.5) is 4.79 Å². The van der Waals surface area contributed by atoms with Crippen LogP contribution in [0.5, 0.6) is 0 Å². The molecular weight excluding hydrogens is 256 g/mol. The molecule has 1 N–H and O–H groups in total. The van der Waals surface area contributed by atoms with Crippen molar-refractivity contribution in [3.05, 3.63) is 11.7 Å². The van der Waals surface area contributed by atoms with E-state index in [1.807, 2.05) is 6.92 Å². The number of amides is 2. The minimum atomic E-state index is -0.0543. The van der Waals surface area contributed by atoms with Gasteiger partial charge in [-0.2, -0.15) is 4.98 Å². The summed E-state index contributed by atoms with van der Waals surface area (Å²) in [7, 11) is 0. The Labute approximate surface area is 119 Å². The molecule has 0 aliphatic heterocycles. The summed E-state index contributed by atoms with van der Waals surface area (Å²) in [6, 6.07) is -0.0543. The fraction of sp³-hybridized carbons (Fsp3) is 0.786. The molecule has 20 heavy (non-hydrogen) atoms. The van der Waals surface area contributed by atoms with Crippen LogP contribution in [0.15, 0.2) is 4.52 Å². The first-order chi connectivity index (χ1) is 9.74. The zero-order valence-corrected chi connectivity index (χ0v) is 12.4. The predicted octanol–water partition coefficient (Wildman–Crippen LogP) is 2.67. The summed E-state index contributed by atoms with van der Waals surface area (Å²) in [5, 5.41) is 6.88. The molecule has 1 fully saturated rings. The lowest BCUT2D eigenvalue weighted by atomic mass is 10.2. The van der Waals surface area contributed by atoms with Crippen LogP contribution in [-0.4, -0.2) is 34.2 Å². The van der Waals surface area contributed by atoms with Crippen molar-refractivity contribution in [3.8, 4) is 0 Å². The van der Waals surface area contributed by atoms with E-state index >= 15 is 0 Å². The largest absolute Gasteiger partial charge is 0.339 e. The van der Waals surface area contributed by atoms with Crippen LogP contribution < -0.4 is 5.32 Å². The molecule has 0 unspecified atom stereocenters. The fourth-order valence-electron chi connectivity index (χ4n) is 2.01. The molecule has 6 heteroatoms. The normalized spacial score (nSPS) is 14.3. The van der Waals surface area contributed by atoms with Gasteiger partial charge in [0.15, 0.2) is 5.82 Å². The third kappa shape index (κ3) is 4.21. The van der Waals surface area contributed by atoms with E-state index in [4.69, 9.17) is 4.52 Å². The smallest absolute Gasteiger partial charge is 0.317 e. The van der Waals surface area contributed by atoms with Gasteiger partial charge >= 0.3 is 6.03 Å². The van der Waals surface area contributed by atoms with Crippen LogP contribution in [0.1, 0.15) is 63.6 Å². The van der Waals surface area contributed by atoms with E-state index < -0.39 is 0 Å². The molecule has 1 aliphatic rings. The molecule has 112 valence electrons. The van der Waals surface area contributed by atoms with E-state index in [1.54, 1.807) is 4.90 Å². The van der Waals surface area contributed by atoms with Crippen molar-refractivity contribution in [1.82, 2.24) is 20.4 Å². The van der Waals surface area contributed by atoms with E-state index in [0.29, 0.717) is 24.8 Å². The van der Waals surface area contributed by atoms with Gasteiger partial charge in [0.25, 0.3) is 0 Å². The van der Waals surface area contributed by atoms with Crippen molar-refractivity contribution >= 4 is 6.03 Å². The van der Waals surface area contributed by atoms with Crippen molar-refractivity contribution in [2.24, 2.45) is 0 Å². The minimum Gasteiger partial charge on any atom is -0.339 e. The molecule has 1 aromatic heterocycles. The molecule has 2 rings (SSSR count). The number of carbonyl (C=O) groups excluding carboxylic acids is 1. The van der Waals surface area contributed by atoms with Gasteiger partial charge in [0.05, 0.1) is 6.54 Å². The number of hydrogen-bond donors (Lipinski definition) is 1. The minimum absolute atomic E-state index is 0.0543. The number of aromatic nitrogens is 2. The summed E-state index contributed by atoms with van der Waals surface area (Å²) < 4.78 is 5.21. The van der Waals surface area contributed by atoms with Gasteiger partial charge in [-0.05, 0) is 26.2 Å². The molecule has 0 saturated heterocycles. The second-order valence-electron chi connectivity index (χ2n) is 5.28. The van der Waals surface area contributed by atoms with E-state index in [9.17, 15) is 4.79 Å². The summed E-state index contributed by atoms with van der Waals surface area (Å²) >= 11 is 0. The van der Waals surface area contributed by atoms with Crippen LogP contribution in [-0.2, 0) is 6.54 Å². The maximum absolute atomic E-state index is 12.0. The second kappa shape index (κ2) is 7.26. The van der Waals surface area contributed by atoms with Gasteiger partial charge in [0, 0.05) is 19.0 Å². The Morgan fingerprint density at radius 2 is 2.20 bits per heavy atom. The Morgan fingerprint density at radius 3 is 2.85 bits per heavy atom. The number of hydrogen-bond acceptors (Lipinski definition) is 4. The van der Waals surface area contributed by atoms with Crippen molar-refractivity contribution in [1.29, 1.82) is 0 Å². The van der Waals surface area contributed by atoms with Gasteiger partial charge in [0.2, 0.25) is 5.89 Å². The van der Waals surface area contributed by atoms with E-state index in [2.05, 4.69) is 22.4 Å². The molecule has 2 amide bonds. The summed E-state index contributed by atoms with van der Waals surface area (Å²) in [5.74, 6) is 1.77. The van der Waals surface area contributed by atoms with Crippen LogP contribution >= 0.6 is 0 Å². The zero-order valence-electron chi connectivity index (χ0n) is 12.4. The van der Waals surface area contributed by atoms with Crippen LogP contribution in [0.25, 0.3) is 0 Å². The molecular formula is C14H24N4O2. The highest BCUT2D eigenvalue weighted by Crippen LogP contribution is 2.38. The highest BCUT2D eigenvalue weighted by atomic mass is 16.5. The Hall–Kier alpha value is -1.59. The molecule has 1 aliphatic carbocycles. The first-order valence-electron chi connectivity index (χ1n) is 7.59. The number of urea groups is 1. The second-order valence-corrected chi connectivity index (χ2v) is 5.28. The average molecular weight is 280 g/mol. The van der Waals surface area contributed by atoms with Crippen LogP contribution in [0, 0.1) is 0 Å². The molecule has 0 spiro atoms. The fourth-order valence-corrected chi connectivity index (χ4v) is 2.01. The quantitative estimate of drug-likeness (QED) is 0.743. The molecule has 1 saturated carbocycles. The van der Waals surface area contributed by atoms with Crippen molar-refractivity contribution in [3.63, 3.8) is 0 Å². The molecule has 1 heterocycles. The number of nitrogens with one attached hydrogen (secondary N) is 1. The average Bonchev–Trinajstić information content (AvgIpc) is 3.20. The van der Waals surface area contributed by atoms with E-state index in [0.717, 1.165) is 44.5 Å². The Bertz CT molecular complexity index is 429. The van der Waals surface area contributed by atoms with Gasteiger partial charge in [-0.15, -0.1) is 0 Å². The highest BCUT2D eigenvalue weighted by Gasteiger charge is 2.29. The summed E-state index contributed by atoms with van der Waals surface area (Å²) in [6.07, 6.45) is 5.59. The SMILES string of the molecule is CCCCCNC(=O)N(CC)Cc1noc(C2CC2)n1. The van der Waals surface area contributed by atoms with Crippen molar-refractivity contribution in [2.45, 2.75) is 58.4 Å². The summed E-state index contributed by atoms with van der Waals surface area (Å²) in [4.78, 5) is 18.1. The molecule has 0 radical (unpaired) electrons. The topological polar surface area (TPSA) is 71.3 Å². The molecule has 0 bridgehead atoms. The zero-order chi connectivity index (χ0) is 14.4. The Kier molecular flexibility index (Phi) is 5.38. The maximum Gasteiger partial charge on any atom is 0.317 e. The third-order valence-corrected chi connectivity index (χ3v) is 3.47. The third-order valence-electron chi connectivity index (χ3n) is 3.47. The standard InChI is InChI=1S/C14H24N4O2/c1-3-5-6-9-15-14(19)18(4-2)10-12-16-13(20-17-12)11-7-8-11/h11H,3-10H2,1-2H3,(H,15,19). The lowest BCUT2D eigenvalue weighted by Crippen LogP contribution is -2.40. The first-order valence-corrected chi connectivity index (χ1v) is 7.59. The predicted molar refractivity (Wildman–Crippen MR) is 75.3 cm³/mol. The molecule has 1 aromatic rings. The first kappa shape index (κ1) is 14.8. The van der Waals surface area contributed by atoms with Crippen LogP contribution in [0.2, 0.25) is 0 Å². The van der Waals surface area contributed by atoms with E-state index in [-0.39, 0.29) is 6.03 Å². The molecule has 6 nitrogen and oxygen atoms in total. The Balaban J connectivity index is 1.79. The van der Waals surface area contributed by atoms with Gasteiger partial charge < -0.3 is 14.7 Å². The van der Waals surface area contributed by atoms with Gasteiger partial charge in [-0.3, -0.25) is 0 Å². The molecule has 0 atom stereocenters. The lowest BCUT2D eigenvalue weighted by molar-refractivity contribution is 0.196. The maximum atomic E-state index is 12.0. The van der Waals surface area contributed by atoms with E-state index in [1.165, 1.54) is 0 Å². The van der Waals surface area contributed by atoms with Gasteiger partial charge in [-0.25, -0.2) is 4.79 Å². The summed E-state index contributed by atoms with van der Waals surface area (Å²) in [6.45, 7) is 5.86. The number of nitrogens with zero attached hydrogens (tertiary/aromatic N) is 3. The number of rotatable bonds is 8. The number of carbonyl (C=O) groups is 1. The van der Waals surface area contributed by atoms with Gasteiger partial charge in [-0.1, -0.05) is 24.9 Å². The Morgan fingerprint density at radius 1 is 1.40 bits per heavy atom. The monoisotopic (exact) mass is 280 g/mol. The van der Waals surface area contributed by atoms with Crippen molar-refractivity contribution in [2.75, 3.05) is 13.1 Å². The highest BCUT2D eigenvalue weighted by molar-refractivity contribution is 5.73. The lowest BCUT2D eigenvalue weighted by Gasteiger charge is -2.19. The van der Waals surface area contributed by atoms with Crippen LogP contribution in [0.3, 0.4) is 0 Å². The number of unbranched alkanes of at least 4 members (excludes halogenated alkanes) is 2. The molecule has 0 aromatic carbocycles. The van der Waals surface area contributed by atoms with Crippen molar-refractivity contribution < 1.29 is 9.32 Å². The summed E-state index contributed by atoms with van der Waals surface area (Å²) in [5.41, 5.74) is 0. The van der Waals surface area contributed by atoms with Gasteiger partial charge in [0.1, 0.15) is 0 Å².